The zero-order valence-corrected chi connectivity index (χ0v) is 16.0. The lowest BCUT2D eigenvalue weighted by Crippen LogP contribution is -2.36. The van der Waals surface area contributed by atoms with E-state index in [0.29, 0.717) is 38.9 Å². The number of carbonyl (C=O) groups excluding carboxylic acids is 2. The van der Waals surface area contributed by atoms with Gasteiger partial charge in [0.25, 0.3) is 0 Å². The summed E-state index contributed by atoms with van der Waals surface area (Å²) in [6, 6.07) is 4.18. The van der Waals surface area contributed by atoms with Gasteiger partial charge in [0.05, 0.1) is 5.56 Å². The second kappa shape index (κ2) is 9.17. The van der Waals surface area contributed by atoms with Crippen molar-refractivity contribution in [1.29, 1.82) is 0 Å². The summed E-state index contributed by atoms with van der Waals surface area (Å²) in [6.45, 7) is 2.51. The summed E-state index contributed by atoms with van der Waals surface area (Å²) in [5.74, 6) is -1.57. The molecule has 2 heterocycles. The monoisotopic (exact) mass is 390 g/mol. The first-order valence-corrected chi connectivity index (χ1v) is 10.0. The van der Waals surface area contributed by atoms with Crippen molar-refractivity contribution >= 4 is 17.8 Å². The van der Waals surface area contributed by atoms with E-state index in [1.807, 2.05) is 9.80 Å². The van der Waals surface area contributed by atoms with Crippen molar-refractivity contribution in [2.24, 2.45) is 5.92 Å². The molecule has 0 bridgehead atoms. The molecule has 0 saturated carbocycles. The van der Waals surface area contributed by atoms with Crippen LogP contribution in [0.25, 0.3) is 0 Å². The minimum absolute atomic E-state index is 0.0601. The van der Waals surface area contributed by atoms with Crippen LogP contribution in [-0.4, -0.2) is 58.9 Å². The fraction of sp³-hybridized carbons (Fsp3) is 0.571. The van der Waals surface area contributed by atoms with E-state index < -0.39 is 11.8 Å². The smallest absolute Gasteiger partial charge is 0.338 e. The maximum Gasteiger partial charge on any atom is 0.338 e. The van der Waals surface area contributed by atoms with Crippen molar-refractivity contribution in [3.63, 3.8) is 0 Å². The summed E-state index contributed by atoms with van der Waals surface area (Å²) in [7, 11) is 0. The zero-order chi connectivity index (χ0) is 20.1. The Balaban J connectivity index is 1.49. The van der Waals surface area contributed by atoms with Gasteiger partial charge in [-0.15, -0.1) is 0 Å². The Morgan fingerprint density at radius 3 is 2.79 bits per heavy atom. The van der Waals surface area contributed by atoms with Gasteiger partial charge >= 0.3 is 5.97 Å². The number of carboxylic acids is 1. The topological polar surface area (TPSA) is 77.9 Å². The second-order valence-electron chi connectivity index (χ2n) is 7.76. The molecular formula is C21H27FN2O4. The number of benzene rings is 1. The van der Waals surface area contributed by atoms with Gasteiger partial charge in [-0.05, 0) is 49.3 Å². The largest absolute Gasteiger partial charge is 0.478 e. The number of carbonyl (C=O) groups is 3. The van der Waals surface area contributed by atoms with Crippen molar-refractivity contribution in [1.82, 2.24) is 9.80 Å². The molecule has 2 amide bonds. The van der Waals surface area contributed by atoms with Crippen LogP contribution in [0.15, 0.2) is 18.2 Å². The van der Waals surface area contributed by atoms with Crippen LogP contribution in [0.4, 0.5) is 4.39 Å². The zero-order valence-electron chi connectivity index (χ0n) is 16.0. The van der Waals surface area contributed by atoms with Crippen LogP contribution in [0.1, 0.15) is 54.4 Å². The number of carboxylic acid groups (broad SMARTS) is 1. The molecule has 1 N–H and O–H groups in total. The van der Waals surface area contributed by atoms with Gasteiger partial charge in [0.1, 0.15) is 5.82 Å². The average Bonchev–Trinajstić information content (AvgIpc) is 3.03. The number of aromatic carboxylic acids is 1. The summed E-state index contributed by atoms with van der Waals surface area (Å²) in [5, 5.41) is 9.05. The van der Waals surface area contributed by atoms with E-state index in [-0.39, 0.29) is 23.3 Å². The van der Waals surface area contributed by atoms with Gasteiger partial charge < -0.3 is 14.9 Å². The lowest BCUT2D eigenvalue weighted by Gasteiger charge is -2.22. The number of likely N-dealkylation sites (tertiary alicyclic amines) is 2. The third-order valence-corrected chi connectivity index (χ3v) is 5.69. The maximum absolute atomic E-state index is 13.5. The quantitative estimate of drug-likeness (QED) is 0.810. The van der Waals surface area contributed by atoms with Crippen LogP contribution in [0, 0.1) is 11.7 Å². The molecule has 1 aromatic carbocycles. The number of halogens is 1. The molecule has 1 unspecified atom stereocenters. The lowest BCUT2D eigenvalue weighted by atomic mass is 9.97. The van der Waals surface area contributed by atoms with Crippen molar-refractivity contribution in [2.45, 2.75) is 44.9 Å². The van der Waals surface area contributed by atoms with Crippen LogP contribution in [0.5, 0.6) is 0 Å². The van der Waals surface area contributed by atoms with E-state index in [4.69, 9.17) is 5.11 Å². The molecule has 3 rings (SSSR count). The molecule has 1 aromatic rings. The minimum atomic E-state index is -1.27. The Kier molecular flexibility index (Phi) is 6.65. The molecule has 2 saturated heterocycles. The van der Waals surface area contributed by atoms with Crippen molar-refractivity contribution in [3.05, 3.63) is 35.1 Å². The molecule has 7 heteroatoms. The van der Waals surface area contributed by atoms with E-state index in [0.717, 1.165) is 37.8 Å². The molecule has 2 aliphatic rings. The standard InChI is InChI=1S/C21H27FN2O4/c22-18-6-5-15(13-17(18)21(27)28)12-16-7-10-24(14-16)20(26)8-11-23-9-3-1-2-4-19(23)25/h5-6,13,16H,1-4,7-12,14H2,(H,27,28). The number of hydrogen-bond donors (Lipinski definition) is 1. The Labute approximate surface area is 164 Å². The summed E-state index contributed by atoms with van der Waals surface area (Å²) in [4.78, 5) is 39.3. The molecule has 6 nitrogen and oxygen atoms in total. The first kappa shape index (κ1) is 20.3. The molecule has 0 radical (unpaired) electrons. The summed E-state index contributed by atoms with van der Waals surface area (Å²) < 4.78 is 13.5. The Hall–Kier alpha value is -2.44. The fourth-order valence-electron chi connectivity index (χ4n) is 4.09. The summed E-state index contributed by atoms with van der Waals surface area (Å²) in [6.07, 6.45) is 5.39. The van der Waals surface area contributed by atoms with Crippen LogP contribution < -0.4 is 0 Å². The Morgan fingerprint density at radius 2 is 2.00 bits per heavy atom. The molecule has 1 atom stereocenters. The van der Waals surface area contributed by atoms with Gasteiger partial charge in [0.15, 0.2) is 0 Å². The summed E-state index contributed by atoms with van der Waals surface area (Å²) in [5.41, 5.74) is 0.457. The van der Waals surface area contributed by atoms with E-state index in [2.05, 4.69) is 0 Å². The van der Waals surface area contributed by atoms with E-state index >= 15 is 0 Å². The van der Waals surface area contributed by atoms with Crippen LogP contribution >= 0.6 is 0 Å². The number of amides is 2. The van der Waals surface area contributed by atoms with E-state index in [1.54, 1.807) is 6.07 Å². The van der Waals surface area contributed by atoms with Gasteiger partial charge in [0, 0.05) is 39.0 Å². The van der Waals surface area contributed by atoms with Gasteiger partial charge in [-0.1, -0.05) is 12.5 Å². The maximum atomic E-state index is 13.5. The summed E-state index contributed by atoms with van der Waals surface area (Å²) >= 11 is 0. The number of nitrogens with zero attached hydrogens (tertiary/aromatic N) is 2. The van der Waals surface area contributed by atoms with Crippen molar-refractivity contribution in [2.75, 3.05) is 26.2 Å². The van der Waals surface area contributed by atoms with Crippen LogP contribution in [0.3, 0.4) is 0 Å². The van der Waals surface area contributed by atoms with Gasteiger partial charge in [-0.3, -0.25) is 9.59 Å². The number of hydrogen-bond acceptors (Lipinski definition) is 3. The van der Waals surface area contributed by atoms with Crippen molar-refractivity contribution < 1.29 is 23.9 Å². The molecule has 2 aliphatic heterocycles. The van der Waals surface area contributed by atoms with Crippen LogP contribution in [0.2, 0.25) is 0 Å². The molecule has 28 heavy (non-hydrogen) atoms. The molecule has 0 spiro atoms. The van der Waals surface area contributed by atoms with E-state index in [9.17, 15) is 18.8 Å². The van der Waals surface area contributed by atoms with Crippen molar-refractivity contribution in [3.8, 4) is 0 Å². The Morgan fingerprint density at radius 1 is 1.18 bits per heavy atom. The fourth-order valence-corrected chi connectivity index (χ4v) is 4.09. The average molecular weight is 390 g/mol. The lowest BCUT2D eigenvalue weighted by molar-refractivity contribution is -0.133. The van der Waals surface area contributed by atoms with Crippen LogP contribution in [-0.2, 0) is 16.0 Å². The molecular weight excluding hydrogens is 363 g/mol. The molecule has 0 aromatic heterocycles. The first-order valence-electron chi connectivity index (χ1n) is 10.0. The highest BCUT2D eigenvalue weighted by Crippen LogP contribution is 2.23. The highest BCUT2D eigenvalue weighted by atomic mass is 19.1. The highest BCUT2D eigenvalue weighted by molar-refractivity contribution is 5.88. The molecule has 152 valence electrons. The third kappa shape index (κ3) is 5.09. The molecule has 0 aliphatic carbocycles. The van der Waals surface area contributed by atoms with Gasteiger partial charge in [-0.2, -0.15) is 0 Å². The predicted octanol–water partition coefficient (Wildman–Crippen LogP) is 2.71. The van der Waals surface area contributed by atoms with E-state index in [1.165, 1.54) is 12.1 Å². The highest BCUT2D eigenvalue weighted by Gasteiger charge is 2.27. The normalized spacial score (nSPS) is 20.3. The molecule has 2 fully saturated rings. The number of rotatable bonds is 6. The Bertz CT molecular complexity index is 752. The third-order valence-electron chi connectivity index (χ3n) is 5.69. The minimum Gasteiger partial charge on any atom is -0.478 e. The van der Waals surface area contributed by atoms with Gasteiger partial charge in [0.2, 0.25) is 11.8 Å². The first-order chi connectivity index (χ1) is 13.4. The SMILES string of the molecule is O=C(O)c1cc(CC2CCN(C(=O)CCN3CCCCCC3=O)C2)ccc1F. The van der Waals surface area contributed by atoms with Gasteiger partial charge in [-0.25, -0.2) is 9.18 Å². The predicted molar refractivity (Wildman–Crippen MR) is 101 cm³/mol. The second-order valence-corrected chi connectivity index (χ2v) is 7.76.